The average molecular weight is 329 g/mol. The van der Waals surface area contributed by atoms with Crippen molar-refractivity contribution < 1.29 is 8.42 Å². The van der Waals surface area contributed by atoms with Crippen LogP contribution in [0, 0.1) is 6.92 Å². The summed E-state index contributed by atoms with van der Waals surface area (Å²) in [4.78, 5) is 4.80. The van der Waals surface area contributed by atoms with Crippen molar-refractivity contribution >= 4 is 21.1 Å². The second-order valence-electron chi connectivity index (χ2n) is 5.40. The number of aryl methyl sites for hydroxylation is 2. The standard InChI is InChI=1S/C17H19N3O2S/c1-3-20-16-7-5-4-6-15(16)19-17(20)12-18-23(21,22)14-10-8-13(2)9-11-14/h4-11,18H,3,12H2,1-2H3. The third kappa shape index (κ3) is 3.13. The van der Waals surface area contributed by atoms with Crippen molar-refractivity contribution in [1.82, 2.24) is 14.3 Å². The summed E-state index contributed by atoms with van der Waals surface area (Å²) in [6, 6.07) is 14.6. The number of rotatable bonds is 5. The van der Waals surface area contributed by atoms with Crippen molar-refractivity contribution in [2.24, 2.45) is 0 Å². The largest absolute Gasteiger partial charge is 0.327 e. The van der Waals surface area contributed by atoms with E-state index in [-0.39, 0.29) is 11.4 Å². The highest BCUT2D eigenvalue weighted by Crippen LogP contribution is 2.17. The summed E-state index contributed by atoms with van der Waals surface area (Å²) in [5.74, 6) is 0.712. The van der Waals surface area contributed by atoms with Gasteiger partial charge in [-0.3, -0.25) is 0 Å². The van der Waals surface area contributed by atoms with Gasteiger partial charge in [-0.15, -0.1) is 0 Å². The van der Waals surface area contributed by atoms with E-state index < -0.39 is 10.0 Å². The van der Waals surface area contributed by atoms with Gasteiger partial charge in [0.05, 0.1) is 22.5 Å². The van der Waals surface area contributed by atoms with Crippen LogP contribution in [0.25, 0.3) is 11.0 Å². The smallest absolute Gasteiger partial charge is 0.240 e. The Morgan fingerprint density at radius 1 is 1.09 bits per heavy atom. The first-order valence-electron chi connectivity index (χ1n) is 7.52. The molecule has 3 rings (SSSR count). The molecule has 0 fully saturated rings. The molecule has 0 saturated heterocycles. The highest BCUT2D eigenvalue weighted by atomic mass is 32.2. The third-order valence-electron chi connectivity index (χ3n) is 3.80. The van der Waals surface area contributed by atoms with Crippen LogP contribution in [0.3, 0.4) is 0 Å². The molecule has 0 spiro atoms. The lowest BCUT2D eigenvalue weighted by Crippen LogP contribution is -2.25. The second-order valence-corrected chi connectivity index (χ2v) is 7.17. The number of nitrogens with one attached hydrogen (secondary N) is 1. The van der Waals surface area contributed by atoms with Gasteiger partial charge in [-0.1, -0.05) is 29.8 Å². The van der Waals surface area contributed by atoms with E-state index in [4.69, 9.17) is 0 Å². The van der Waals surface area contributed by atoms with Crippen LogP contribution >= 0.6 is 0 Å². The Labute approximate surface area is 136 Å². The lowest BCUT2D eigenvalue weighted by molar-refractivity contribution is 0.576. The van der Waals surface area contributed by atoms with Crippen LogP contribution < -0.4 is 4.72 Å². The van der Waals surface area contributed by atoms with Crippen molar-refractivity contribution in [2.45, 2.75) is 31.8 Å². The molecular weight excluding hydrogens is 310 g/mol. The Bertz CT molecular complexity index is 928. The zero-order valence-corrected chi connectivity index (χ0v) is 14.0. The van der Waals surface area contributed by atoms with Crippen LogP contribution in [0.5, 0.6) is 0 Å². The molecule has 0 atom stereocenters. The van der Waals surface area contributed by atoms with E-state index >= 15 is 0 Å². The van der Waals surface area contributed by atoms with Gasteiger partial charge in [0.2, 0.25) is 10.0 Å². The monoisotopic (exact) mass is 329 g/mol. The van der Waals surface area contributed by atoms with E-state index in [0.29, 0.717) is 5.82 Å². The summed E-state index contributed by atoms with van der Waals surface area (Å²) < 4.78 is 29.4. The summed E-state index contributed by atoms with van der Waals surface area (Å²) in [7, 11) is -3.54. The van der Waals surface area contributed by atoms with Crippen LogP contribution in [0.2, 0.25) is 0 Å². The molecule has 0 amide bonds. The predicted octanol–water partition coefficient (Wildman–Crippen LogP) is 2.84. The van der Waals surface area contributed by atoms with Gasteiger partial charge in [0.25, 0.3) is 0 Å². The number of sulfonamides is 1. The fourth-order valence-electron chi connectivity index (χ4n) is 2.57. The molecule has 0 aliphatic heterocycles. The van der Waals surface area contributed by atoms with E-state index in [1.807, 2.05) is 42.7 Å². The molecule has 0 aliphatic rings. The van der Waals surface area contributed by atoms with Crippen LogP contribution in [0.1, 0.15) is 18.3 Å². The van der Waals surface area contributed by atoms with Crippen molar-refractivity contribution in [3.05, 3.63) is 59.9 Å². The number of imidazole rings is 1. The van der Waals surface area contributed by atoms with Gasteiger partial charge in [-0.05, 0) is 38.1 Å². The van der Waals surface area contributed by atoms with Gasteiger partial charge in [-0.2, -0.15) is 0 Å². The molecular formula is C17H19N3O2S. The molecule has 0 saturated carbocycles. The fourth-order valence-corrected chi connectivity index (χ4v) is 3.55. The number of hydrogen-bond acceptors (Lipinski definition) is 3. The average Bonchev–Trinajstić information content (AvgIpc) is 2.91. The predicted molar refractivity (Wildman–Crippen MR) is 90.6 cm³/mol. The normalized spacial score (nSPS) is 11.9. The molecule has 23 heavy (non-hydrogen) atoms. The Hall–Kier alpha value is -2.18. The zero-order valence-electron chi connectivity index (χ0n) is 13.2. The summed E-state index contributed by atoms with van der Waals surface area (Å²) in [5, 5.41) is 0. The number of fused-ring (bicyclic) bond motifs is 1. The lowest BCUT2D eigenvalue weighted by Gasteiger charge is -2.09. The van der Waals surface area contributed by atoms with Crippen molar-refractivity contribution in [3.8, 4) is 0 Å². The van der Waals surface area contributed by atoms with Crippen LogP contribution in [0.4, 0.5) is 0 Å². The number of nitrogens with zero attached hydrogens (tertiary/aromatic N) is 2. The van der Waals surface area contributed by atoms with Gasteiger partial charge in [0.15, 0.2) is 0 Å². The fraction of sp³-hybridized carbons (Fsp3) is 0.235. The molecule has 2 aromatic carbocycles. The maximum absolute atomic E-state index is 12.4. The number of hydrogen-bond donors (Lipinski definition) is 1. The minimum atomic E-state index is -3.54. The van der Waals surface area contributed by atoms with E-state index in [1.54, 1.807) is 24.3 Å². The Morgan fingerprint density at radius 3 is 2.48 bits per heavy atom. The van der Waals surface area contributed by atoms with Crippen molar-refractivity contribution in [3.63, 3.8) is 0 Å². The first kappa shape index (κ1) is 15.7. The Morgan fingerprint density at radius 2 is 1.78 bits per heavy atom. The van der Waals surface area contributed by atoms with E-state index in [0.717, 1.165) is 23.1 Å². The van der Waals surface area contributed by atoms with Crippen LogP contribution in [-0.2, 0) is 23.1 Å². The number of para-hydroxylation sites is 2. The van der Waals surface area contributed by atoms with Crippen molar-refractivity contribution in [2.75, 3.05) is 0 Å². The lowest BCUT2D eigenvalue weighted by atomic mass is 10.2. The molecule has 0 radical (unpaired) electrons. The number of benzene rings is 2. The zero-order chi connectivity index (χ0) is 16.4. The molecule has 3 aromatic rings. The van der Waals surface area contributed by atoms with E-state index in [9.17, 15) is 8.42 Å². The summed E-state index contributed by atoms with van der Waals surface area (Å²) in [6.45, 7) is 4.85. The molecule has 1 N–H and O–H groups in total. The van der Waals surface area contributed by atoms with Gasteiger partial charge in [0, 0.05) is 6.54 Å². The topological polar surface area (TPSA) is 64.0 Å². The highest BCUT2D eigenvalue weighted by Gasteiger charge is 2.16. The van der Waals surface area contributed by atoms with Crippen molar-refractivity contribution in [1.29, 1.82) is 0 Å². The van der Waals surface area contributed by atoms with E-state index in [2.05, 4.69) is 9.71 Å². The van der Waals surface area contributed by atoms with Crippen LogP contribution in [0.15, 0.2) is 53.4 Å². The molecule has 0 aliphatic carbocycles. The first-order chi connectivity index (χ1) is 11.0. The SMILES string of the molecule is CCn1c(CNS(=O)(=O)c2ccc(C)cc2)nc2ccccc21. The Balaban J connectivity index is 1.87. The molecule has 5 nitrogen and oxygen atoms in total. The second kappa shape index (κ2) is 6.14. The third-order valence-corrected chi connectivity index (χ3v) is 5.22. The molecule has 120 valence electrons. The first-order valence-corrected chi connectivity index (χ1v) is 9.00. The molecule has 1 heterocycles. The summed E-state index contributed by atoms with van der Waals surface area (Å²) >= 11 is 0. The molecule has 1 aromatic heterocycles. The quantitative estimate of drug-likeness (QED) is 0.783. The summed E-state index contributed by atoms with van der Waals surface area (Å²) in [6.07, 6.45) is 0. The maximum atomic E-state index is 12.4. The van der Waals surface area contributed by atoms with E-state index in [1.165, 1.54) is 0 Å². The highest BCUT2D eigenvalue weighted by molar-refractivity contribution is 7.89. The minimum absolute atomic E-state index is 0.165. The van der Waals surface area contributed by atoms with Gasteiger partial charge >= 0.3 is 0 Å². The maximum Gasteiger partial charge on any atom is 0.240 e. The van der Waals surface area contributed by atoms with Gasteiger partial charge in [0.1, 0.15) is 5.82 Å². The van der Waals surface area contributed by atoms with Gasteiger partial charge in [-0.25, -0.2) is 18.1 Å². The Kier molecular flexibility index (Phi) is 4.19. The van der Waals surface area contributed by atoms with Gasteiger partial charge < -0.3 is 4.57 Å². The number of aromatic nitrogens is 2. The van der Waals surface area contributed by atoms with Crippen LogP contribution in [-0.4, -0.2) is 18.0 Å². The molecule has 0 bridgehead atoms. The molecule has 6 heteroatoms. The molecule has 0 unspecified atom stereocenters. The minimum Gasteiger partial charge on any atom is -0.327 e. The summed E-state index contributed by atoms with van der Waals surface area (Å²) in [5.41, 5.74) is 2.91.